The summed E-state index contributed by atoms with van der Waals surface area (Å²) in [6.45, 7) is 0.542. The summed E-state index contributed by atoms with van der Waals surface area (Å²) in [6.07, 6.45) is 7.69. The molecule has 1 fully saturated rings. The molecule has 76 valence electrons. The monoisotopic (exact) mass is 192 g/mol. The first-order valence-corrected chi connectivity index (χ1v) is 5.15. The topological polar surface area (TPSA) is 48.1 Å². The zero-order chi connectivity index (χ0) is 9.80. The maximum Gasteiger partial charge on any atom is 0.0951 e. The van der Waals surface area contributed by atoms with Gasteiger partial charge < -0.3 is 10.5 Å². The molecule has 1 aliphatic carbocycles. The summed E-state index contributed by atoms with van der Waals surface area (Å²) in [5.74, 6) is 0. The zero-order valence-corrected chi connectivity index (χ0v) is 8.23. The molecule has 1 unspecified atom stereocenters. The lowest BCUT2D eigenvalue weighted by Crippen LogP contribution is -2.27. The largest absolute Gasteiger partial charge is 0.369 e. The van der Waals surface area contributed by atoms with Crippen LogP contribution in [-0.4, -0.2) is 17.6 Å². The van der Waals surface area contributed by atoms with E-state index in [-0.39, 0.29) is 6.10 Å². The highest BCUT2D eigenvalue weighted by molar-refractivity contribution is 5.13. The summed E-state index contributed by atoms with van der Waals surface area (Å²) in [5.41, 5.74) is 6.82. The Morgan fingerprint density at radius 1 is 1.43 bits per heavy atom. The van der Waals surface area contributed by atoms with Gasteiger partial charge >= 0.3 is 0 Å². The van der Waals surface area contributed by atoms with Crippen molar-refractivity contribution in [1.29, 1.82) is 0 Å². The van der Waals surface area contributed by atoms with Gasteiger partial charge in [0.25, 0.3) is 0 Å². The molecule has 3 heteroatoms. The van der Waals surface area contributed by atoms with Gasteiger partial charge in [0.05, 0.1) is 12.2 Å². The van der Waals surface area contributed by atoms with E-state index in [0.717, 1.165) is 5.56 Å². The minimum Gasteiger partial charge on any atom is -0.369 e. The Hall–Kier alpha value is -0.930. The number of ether oxygens (including phenoxy) is 1. The number of hydrogen-bond acceptors (Lipinski definition) is 3. The quantitative estimate of drug-likeness (QED) is 0.789. The molecule has 0 aliphatic heterocycles. The molecule has 1 atom stereocenters. The molecule has 14 heavy (non-hydrogen) atoms. The predicted molar refractivity (Wildman–Crippen MR) is 54.8 cm³/mol. The van der Waals surface area contributed by atoms with Gasteiger partial charge in [0.1, 0.15) is 0 Å². The number of rotatable bonds is 4. The fraction of sp³-hybridized carbons (Fsp3) is 0.545. The first-order chi connectivity index (χ1) is 6.90. The van der Waals surface area contributed by atoms with Gasteiger partial charge in [-0.05, 0) is 37.0 Å². The SMILES string of the molecule is NCC(OC1CCC1)c1ccncc1. The van der Waals surface area contributed by atoms with Crippen LogP contribution in [0.15, 0.2) is 24.5 Å². The highest BCUT2D eigenvalue weighted by Crippen LogP contribution is 2.28. The van der Waals surface area contributed by atoms with E-state index < -0.39 is 0 Å². The lowest BCUT2D eigenvalue weighted by Gasteiger charge is -2.30. The summed E-state index contributed by atoms with van der Waals surface area (Å²) in [5, 5.41) is 0. The molecule has 0 saturated heterocycles. The third-order valence-corrected chi connectivity index (χ3v) is 2.70. The molecule has 0 spiro atoms. The Bertz CT molecular complexity index is 272. The minimum atomic E-state index is 0.0447. The maximum absolute atomic E-state index is 5.87. The average Bonchev–Trinajstić information content (AvgIpc) is 2.18. The lowest BCUT2D eigenvalue weighted by atomic mass is 9.95. The third-order valence-electron chi connectivity index (χ3n) is 2.70. The average molecular weight is 192 g/mol. The van der Waals surface area contributed by atoms with Crippen LogP contribution in [0.5, 0.6) is 0 Å². The van der Waals surface area contributed by atoms with Crippen LogP contribution in [0.3, 0.4) is 0 Å². The van der Waals surface area contributed by atoms with Crippen molar-refractivity contribution in [3.63, 3.8) is 0 Å². The number of nitrogens with zero attached hydrogens (tertiary/aromatic N) is 1. The van der Waals surface area contributed by atoms with Gasteiger partial charge in [0, 0.05) is 18.9 Å². The Labute approximate surface area is 84.3 Å². The predicted octanol–water partition coefficient (Wildman–Crippen LogP) is 1.65. The molecule has 2 rings (SSSR count). The van der Waals surface area contributed by atoms with Crippen LogP contribution in [0.4, 0.5) is 0 Å². The van der Waals surface area contributed by atoms with Crippen molar-refractivity contribution in [2.45, 2.75) is 31.5 Å². The van der Waals surface area contributed by atoms with Crippen molar-refractivity contribution >= 4 is 0 Å². The second-order valence-corrected chi connectivity index (χ2v) is 3.69. The van der Waals surface area contributed by atoms with Gasteiger partial charge in [0.2, 0.25) is 0 Å². The number of pyridine rings is 1. The van der Waals surface area contributed by atoms with Gasteiger partial charge in [0.15, 0.2) is 0 Å². The molecule has 0 bridgehead atoms. The van der Waals surface area contributed by atoms with Crippen LogP contribution in [0.2, 0.25) is 0 Å². The summed E-state index contributed by atoms with van der Waals surface area (Å²) in [7, 11) is 0. The molecule has 3 nitrogen and oxygen atoms in total. The fourth-order valence-electron chi connectivity index (χ4n) is 1.59. The normalized spacial score (nSPS) is 18.9. The molecule has 1 aromatic heterocycles. The second kappa shape index (κ2) is 4.53. The molecular weight excluding hydrogens is 176 g/mol. The van der Waals surface area contributed by atoms with Gasteiger partial charge in [-0.25, -0.2) is 0 Å². The van der Waals surface area contributed by atoms with Crippen molar-refractivity contribution in [1.82, 2.24) is 4.98 Å². The van der Waals surface area contributed by atoms with Crippen molar-refractivity contribution < 1.29 is 4.74 Å². The number of aromatic nitrogens is 1. The zero-order valence-electron chi connectivity index (χ0n) is 8.23. The minimum absolute atomic E-state index is 0.0447. The van der Waals surface area contributed by atoms with E-state index in [0.29, 0.717) is 12.6 Å². The van der Waals surface area contributed by atoms with Crippen LogP contribution in [0.1, 0.15) is 30.9 Å². The van der Waals surface area contributed by atoms with Crippen molar-refractivity contribution in [2.24, 2.45) is 5.73 Å². The molecule has 0 radical (unpaired) electrons. The standard InChI is InChI=1S/C11H16N2O/c12-8-11(14-10-2-1-3-10)9-4-6-13-7-5-9/h4-7,10-11H,1-3,8,12H2. The summed E-state index contributed by atoms with van der Waals surface area (Å²) >= 11 is 0. The van der Waals surface area contributed by atoms with E-state index in [2.05, 4.69) is 4.98 Å². The van der Waals surface area contributed by atoms with Gasteiger partial charge in [-0.2, -0.15) is 0 Å². The van der Waals surface area contributed by atoms with Crippen molar-refractivity contribution in [2.75, 3.05) is 6.54 Å². The molecule has 1 aliphatic rings. The molecule has 0 amide bonds. The van der Waals surface area contributed by atoms with E-state index in [1.807, 2.05) is 12.1 Å². The summed E-state index contributed by atoms with van der Waals surface area (Å²) < 4.78 is 5.87. The summed E-state index contributed by atoms with van der Waals surface area (Å²) in [6, 6.07) is 3.94. The van der Waals surface area contributed by atoms with Crippen LogP contribution >= 0.6 is 0 Å². The Morgan fingerprint density at radius 2 is 2.14 bits per heavy atom. The molecule has 1 saturated carbocycles. The van der Waals surface area contributed by atoms with E-state index in [1.54, 1.807) is 12.4 Å². The number of hydrogen-bond donors (Lipinski definition) is 1. The van der Waals surface area contributed by atoms with E-state index in [9.17, 15) is 0 Å². The second-order valence-electron chi connectivity index (χ2n) is 3.69. The van der Waals surface area contributed by atoms with Crippen LogP contribution in [-0.2, 0) is 4.74 Å². The first-order valence-electron chi connectivity index (χ1n) is 5.15. The fourth-order valence-corrected chi connectivity index (χ4v) is 1.59. The van der Waals surface area contributed by atoms with Gasteiger partial charge in [-0.1, -0.05) is 0 Å². The first kappa shape index (κ1) is 9.62. The van der Waals surface area contributed by atoms with E-state index in [4.69, 9.17) is 10.5 Å². The maximum atomic E-state index is 5.87. The van der Waals surface area contributed by atoms with Crippen LogP contribution in [0, 0.1) is 0 Å². The van der Waals surface area contributed by atoms with Crippen LogP contribution in [0.25, 0.3) is 0 Å². The Balaban J connectivity index is 1.98. The Morgan fingerprint density at radius 3 is 2.64 bits per heavy atom. The third kappa shape index (κ3) is 2.11. The molecular formula is C11H16N2O. The molecule has 2 N–H and O–H groups in total. The van der Waals surface area contributed by atoms with E-state index in [1.165, 1.54) is 19.3 Å². The summed E-state index contributed by atoms with van der Waals surface area (Å²) in [4.78, 5) is 3.98. The van der Waals surface area contributed by atoms with Crippen molar-refractivity contribution in [3.8, 4) is 0 Å². The highest BCUT2D eigenvalue weighted by Gasteiger charge is 2.22. The van der Waals surface area contributed by atoms with Gasteiger partial charge in [-0.3, -0.25) is 4.98 Å². The molecule has 1 heterocycles. The smallest absolute Gasteiger partial charge is 0.0951 e. The van der Waals surface area contributed by atoms with Crippen LogP contribution < -0.4 is 5.73 Å². The molecule has 0 aromatic carbocycles. The Kier molecular flexibility index (Phi) is 3.11. The lowest BCUT2D eigenvalue weighted by molar-refractivity contribution is -0.0487. The van der Waals surface area contributed by atoms with E-state index >= 15 is 0 Å². The number of nitrogens with two attached hydrogens (primary N) is 1. The van der Waals surface area contributed by atoms with Crippen molar-refractivity contribution in [3.05, 3.63) is 30.1 Å². The van der Waals surface area contributed by atoms with Gasteiger partial charge in [-0.15, -0.1) is 0 Å². The molecule has 1 aromatic rings. The highest BCUT2D eigenvalue weighted by atomic mass is 16.5.